The van der Waals surface area contributed by atoms with Crippen LogP contribution in [0.4, 0.5) is 0 Å². The van der Waals surface area contributed by atoms with Crippen LogP contribution >= 0.6 is 0 Å². The monoisotopic (exact) mass is 503 g/mol. The minimum absolute atomic E-state index is 1.05. The zero-order valence-electron chi connectivity index (χ0n) is 25.2. The summed E-state index contributed by atoms with van der Waals surface area (Å²) in [5.74, 6) is 2.10. The molecule has 0 N–H and O–H groups in total. The van der Waals surface area contributed by atoms with Crippen molar-refractivity contribution < 1.29 is 0 Å². The summed E-state index contributed by atoms with van der Waals surface area (Å²) in [6, 6.07) is 0. The van der Waals surface area contributed by atoms with Crippen molar-refractivity contribution in [3.8, 4) is 0 Å². The molecule has 0 aromatic carbocycles. The number of hydrogen-bond acceptors (Lipinski definition) is 0. The van der Waals surface area contributed by atoms with E-state index in [4.69, 9.17) is 0 Å². The normalized spacial score (nSPS) is 25.7. The third-order valence-electron chi connectivity index (χ3n) is 9.97. The van der Waals surface area contributed by atoms with Crippen molar-refractivity contribution in [3.63, 3.8) is 0 Å². The van der Waals surface area contributed by atoms with E-state index in [2.05, 4.69) is 0 Å². The molecule has 0 aliphatic heterocycles. The van der Waals surface area contributed by atoms with Gasteiger partial charge in [0.15, 0.2) is 0 Å². The summed E-state index contributed by atoms with van der Waals surface area (Å²) in [5.41, 5.74) is 0. The van der Waals surface area contributed by atoms with Gasteiger partial charge in [0, 0.05) is 0 Å². The average Bonchev–Trinajstić information content (AvgIpc) is 2.89. The molecule has 2 aliphatic rings. The van der Waals surface area contributed by atoms with E-state index in [1.54, 1.807) is 25.7 Å². The predicted octanol–water partition coefficient (Wildman–Crippen LogP) is 13.5. The molecule has 0 radical (unpaired) electrons. The van der Waals surface area contributed by atoms with Gasteiger partial charge in [0.2, 0.25) is 0 Å². The second kappa shape index (κ2) is 25.3. The Balaban J connectivity index is 1.83. The molecule has 0 aromatic rings. The first kappa shape index (κ1) is 32.2. The summed E-state index contributed by atoms with van der Waals surface area (Å²) in [6.45, 7) is 0. The SMILES string of the molecule is C1CCCCCCCCC(C2CCCCCCCCCCCCCCCCC2)CCCCCCCC1. The fraction of sp³-hybridized carbons (Fsp3) is 1.00. The standard InChI is InChI=1S/C36H70/c1-3-7-11-15-19-23-27-31-35(32-28-24-20-16-12-8-4-1)36-33-29-25-21-17-13-9-5-2-6-10-14-18-22-26-30-34-36/h35-36H,1-34H2. The second-order valence-corrected chi connectivity index (χ2v) is 13.3. The lowest BCUT2D eigenvalue weighted by molar-refractivity contribution is 0.236. The lowest BCUT2D eigenvalue weighted by atomic mass is 9.78. The lowest BCUT2D eigenvalue weighted by Crippen LogP contribution is -2.16. The third-order valence-corrected chi connectivity index (χ3v) is 9.97. The third kappa shape index (κ3) is 19.1. The van der Waals surface area contributed by atoms with Gasteiger partial charge in [-0.05, 0) is 11.8 Å². The molecule has 0 spiro atoms. The van der Waals surface area contributed by atoms with Crippen LogP contribution < -0.4 is 0 Å². The predicted molar refractivity (Wildman–Crippen MR) is 164 cm³/mol. The molecule has 214 valence electrons. The van der Waals surface area contributed by atoms with Crippen LogP contribution in [-0.2, 0) is 0 Å². The largest absolute Gasteiger partial charge is 0.0533 e. The van der Waals surface area contributed by atoms with E-state index in [0.717, 1.165) is 11.8 Å². The molecule has 2 saturated carbocycles. The van der Waals surface area contributed by atoms with Gasteiger partial charge in [0.1, 0.15) is 0 Å². The van der Waals surface area contributed by atoms with Crippen LogP contribution in [-0.4, -0.2) is 0 Å². The molecular weight excluding hydrogens is 432 g/mol. The summed E-state index contributed by atoms with van der Waals surface area (Å²) in [4.78, 5) is 0. The molecule has 2 fully saturated rings. The smallest absolute Gasteiger partial charge is 0.0386 e. The fourth-order valence-electron chi connectivity index (χ4n) is 7.45. The van der Waals surface area contributed by atoms with Crippen molar-refractivity contribution in [2.75, 3.05) is 0 Å². The number of hydrogen-bond donors (Lipinski definition) is 0. The summed E-state index contributed by atoms with van der Waals surface area (Å²) in [5, 5.41) is 0. The molecule has 0 heteroatoms. The van der Waals surface area contributed by atoms with Gasteiger partial charge in [-0.25, -0.2) is 0 Å². The quantitative estimate of drug-likeness (QED) is 0.334. The van der Waals surface area contributed by atoms with Gasteiger partial charge in [0.05, 0.1) is 0 Å². The summed E-state index contributed by atoms with van der Waals surface area (Å²) < 4.78 is 0. The lowest BCUT2D eigenvalue weighted by Gasteiger charge is -2.28. The van der Waals surface area contributed by atoms with Crippen molar-refractivity contribution in [3.05, 3.63) is 0 Å². The Bertz CT molecular complexity index is 350. The van der Waals surface area contributed by atoms with Gasteiger partial charge < -0.3 is 0 Å². The van der Waals surface area contributed by atoms with Gasteiger partial charge in [-0.2, -0.15) is 0 Å². The number of rotatable bonds is 1. The highest BCUT2D eigenvalue weighted by atomic mass is 14.3. The van der Waals surface area contributed by atoms with Gasteiger partial charge in [-0.1, -0.05) is 218 Å². The van der Waals surface area contributed by atoms with Crippen molar-refractivity contribution in [1.29, 1.82) is 0 Å². The molecule has 0 aromatic heterocycles. The molecule has 0 unspecified atom stereocenters. The molecule has 0 bridgehead atoms. The first-order valence-electron chi connectivity index (χ1n) is 18.0. The average molecular weight is 503 g/mol. The van der Waals surface area contributed by atoms with Crippen molar-refractivity contribution in [2.45, 2.75) is 218 Å². The molecule has 0 saturated heterocycles. The highest BCUT2D eigenvalue weighted by Gasteiger charge is 2.20. The highest BCUT2D eigenvalue weighted by Crippen LogP contribution is 2.34. The van der Waals surface area contributed by atoms with Crippen LogP contribution in [0.1, 0.15) is 218 Å². The molecule has 2 rings (SSSR count). The van der Waals surface area contributed by atoms with E-state index in [0.29, 0.717) is 0 Å². The van der Waals surface area contributed by atoms with Crippen LogP contribution in [0.5, 0.6) is 0 Å². The molecule has 0 heterocycles. The molecule has 0 atom stereocenters. The Kier molecular flexibility index (Phi) is 22.6. The van der Waals surface area contributed by atoms with Crippen LogP contribution in [0, 0.1) is 11.8 Å². The first-order valence-corrected chi connectivity index (χ1v) is 18.0. The Morgan fingerprint density at radius 1 is 0.139 bits per heavy atom. The van der Waals surface area contributed by atoms with Crippen LogP contribution in [0.25, 0.3) is 0 Å². The molecular formula is C36H70. The van der Waals surface area contributed by atoms with Crippen molar-refractivity contribution >= 4 is 0 Å². The van der Waals surface area contributed by atoms with Crippen molar-refractivity contribution in [1.82, 2.24) is 0 Å². The van der Waals surface area contributed by atoms with Crippen LogP contribution in [0.3, 0.4) is 0 Å². The van der Waals surface area contributed by atoms with Crippen molar-refractivity contribution in [2.24, 2.45) is 11.8 Å². The summed E-state index contributed by atoms with van der Waals surface area (Å²) in [7, 11) is 0. The molecule has 2 aliphatic carbocycles. The minimum Gasteiger partial charge on any atom is -0.0533 e. The van der Waals surface area contributed by atoms with E-state index in [1.807, 2.05) is 0 Å². The van der Waals surface area contributed by atoms with E-state index in [9.17, 15) is 0 Å². The Morgan fingerprint density at radius 2 is 0.250 bits per heavy atom. The Labute approximate surface area is 230 Å². The van der Waals surface area contributed by atoms with Crippen LogP contribution in [0.15, 0.2) is 0 Å². The second-order valence-electron chi connectivity index (χ2n) is 13.3. The van der Waals surface area contributed by atoms with Gasteiger partial charge in [-0.15, -0.1) is 0 Å². The van der Waals surface area contributed by atoms with E-state index >= 15 is 0 Å². The fourth-order valence-corrected chi connectivity index (χ4v) is 7.45. The summed E-state index contributed by atoms with van der Waals surface area (Å²) >= 11 is 0. The topological polar surface area (TPSA) is 0 Å². The van der Waals surface area contributed by atoms with Gasteiger partial charge >= 0.3 is 0 Å². The minimum atomic E-state index is 1.05. The van der Waals surface area contributed by atoms with Crippen LogP contribution in [0.2, 0.25) is 0 Å². The van der Waals surface area contributed by atoms with E-state index in [-0.39, 0.29) is 0 Å². The summed E-state index contributed by atoms with van der Waals surface area (Å²) in [6.07, 6.45) is 51.6. The maximum atomic E-state index is 1.56. The Morgan fingerprint density at radius 3 is 0.389 bits per heavy atom. The maximum Gasteiger partial charge on any atom is -0.0386 e. The Hall–Kier alpha value is 0. The van der Waals surface area contributed by atoms with Gasteiger partial charge in [0.25, 0.3) is 0 Å². The zero-order valence-corrected chi connectivity index (χ0v) is 25.2. The maximum absolute atomic E-state index is 1.56. The molecule has 0 amide bonds. The van der Waals surface area contributed by atoms with E-state index < -0.39 is 0 Å². The van der Waals surface area contributed by atoms with E-state index in [1.165, 1.54) is 193 Å². The zero-order chi connectivity index (χ0) is 25.2. The van der Waals surface area contributed by atoms with Gasteiger partial charge in [-0.3, -0.25) is 0 Å². The molecule has 0 nitrogen and oxygen atoms in total. The molecule has 36 heavy (non-hydrogen) atoms. The first-order chi connectivity index (χ1) is 18.0. The highest BCUT2D eigenvalue weighted by molar-refractivity contribution is 4.72.